The molecule has 2 amide bonds. The average Bonchev–Trinajstić information content (AvgIpc) is 3.17. The van der Waals surface area contributed by atoms with Gasteiger partial charge in [-0.05, 0) is 51.0 Å². The lowest BCUT2D eigenvalue weighted by Gasteiger charge is -2.31. The molecular formula is C23H24N4O2S. The van der Waals surface area contributed by atoms with E-state index in [1.54, 1.807) is 17.3 Å². The van der Waals surface area contributed by atoms with Gasteiger partial charge in [0.1, 0.15) is 9.88 Å². The Labute approximate surface area is 180 Å². The molecule has 0 bridgehead atoms. The lowest BCUT2D eigenvalue weighted by molar-refractivity contribution is -0.121. The van der Waals surface area contributed by atoms with E-state index in [1.165, 1.54) is 11.3 Å². The topological polar surface area (TPSA) is 75.2 Å². The van der Waals surface area contributed by atoms with E-state index in [-0.39, 0.29) is 17.7 Å². The summed E-state index contributed by atoms with van der Waals surface area (Å²) in [5.41, 5.74) is 3.55. The first kappa shape index (κ1) is 20.2. The lowest BCUT2D eigenvalue weighted by Crippen LogP contribution is -2.43. The predicted molar refractivity (Wildman–Crippen MR) is 119 cm³/mol. The molecule has 7 heteroatoms. The van der Waals surface area contributed by atoms with Crippen LogP contribution >= 0.6 is 11.3 Å². The number of likely N-dealkylation sites (tertiary alicyclic amines) is 1. The van der Waals surface area contributed by atoms with Crippen LogP contribution in [0.5, 0.6) is 0 Å². The highest BCUT2D eigenvalue weighted by molar-refractivity contribution is 7.17. The fourth-order valence-corrected chi connectivity index (χ4v) is 4.63. The van der Waals surface area contributed by atoms with Gasteiger partial charge < -0.3 is 10.2 Å². The van der Waals surface area contributed by atoms with Crippen molar-refractivity contribution in [3.05, 3.63) is 64.9 Å². The van der Waals surface area contributed by atoms with Crippen molar-refractivity contribution in [3.63, 3.8) is 0 Å². The molecule has 1 N–H and O–H groups in total. The van der Waals surface area contributed by atoms with Crippen molar-refractivity contribution in [2.75, 3.05) is 18.4 Å². The zero-order valence-electron chi connectivity index (χ0n) is 17.1. The summed E-state index contributed by atoms with van der Waals surface area (Å²) in [6.45, 7) is 4.95. The van der Waals surface area contributed by atoms with Gasteiger partial charge in [0.05, 0.1) is 11.6 Å². The van der Waals surface area contributed by atoms with Crippen molar-refractivity contribution in [1.29, 1.82) is 0 Å². The van der Waals surface area contributed by atoms with E-state index in [0.717, 1.165) is 40.4 Å². The quantitative estimate of drug-likeness (QED) is 0.682. The maximum Gasteiger partial charge on any atom is 0.265 e. The van der Waals surface area contributed by atoms with Gasteiger partial charge in [0.25, 0.3) is 5.91 Å². The number of thiazole rings is 1. The zero-order valence-corrected chi connectivity index (χ0v) is 17.9. The number of nitrogens with one attached hydrogen (secondary N) is 1. The van der Waals surface area contributed by atoms with Crippen LogP contribution in [0.2, 0.25) is 0 Å². The standard InChI is InChI=1S/C23H24N4O2S/c1-15-7-9-19(10-8-15)26-21(28)18-6-4-12-27(14-18)23(29)20-16(2)25-22(30-20)17-5-3-11-24-13-17/h3,5,7-11,13,18H,4,6,12,14H2,1-2H3,(H,26,28). The van der Waals surface area contributed by atoms with Crippen LogP contribution in [-0.2, 0) is 4.79 Å². The second kappa shape index (κ2) is 8.75. The SMILES string of the molecule is Cc1ccc(NC(=O)C2CCCN(C(=O)c3sc(-c4cccnc4)nc3C)C2)cc1. The summed E-state index contributed by atoms with van der Waals surface area (Å²) < 4.78 is 0. The van der Waals surface area contributed by atoms with Gasteiger partial charge in [-0.3, -0.25) is 14.6 Å². The molecule has 0 saturated carbocycles. The Balaban J connectivity index is 1.45. The Morgan fingerprint density at radius 1 is 1.17 bits per heavy atom. The molecule has 1 fully saturated rings. The summed E-state index contributed by atoms with van der Waals surface area (Å²) in [5.74, 6) is -0.295. The van der Waals surface area contributed by atoms with Gasteiger partial charge in [0.15, 0.2) is 0 Å². The fourth-order valence-electron chi connectivity index (χ4n) is 3.61. The summed E-state index contributed by atoms with van der Waals surface area (Å²) in [6, 6.07) is 11.5. The van der Waals surface area contributed by atoms with Gasteiger partial charge in [0.2, 0.25) is 5.91 Å². The predicted octanol–water partition coefficient (Wildman–Crippen LogP) is 4.31. The second-order valence-electron chi connectivity index (χ2n) is 7.62. The number of hydrogen-bond donors (Lipinski definition) is 1. The van der Waals surface area contributed by atoms with Crippen LogP contribution in [0.15, 0.2) is 48.8 Å². The maximum absolute atomic E-state index is 13.2. The molecule has 0 radical (unpaired) electrons. The monoisotopic (exact) mass is 420 g/mol. The molecular weight excluding hydrogens is 396 g/mol. The Bertz CT molecular complexity index is 1050. The van der Waals surface area contributed by atoms with Crippen LogP contribution in [0.25, 0.3) is 10.6 Å². The number of benzene rings is 1. The van der Waals surface area contributed by atoms with Crippen LogP contribution in [0.1, 0.15) is 33.8 Å². The lowest BCUT2D eigenvalue weighted by atomic mass is 9.96. The summed E-state index contributed by atoms with van der Waals surface area (Å²) >= 11 is 1.39. The highest BCUT2D eigenvalue weighted by atomic mass is 32.1. The van der Waals surface area contributed by atoms with Crippen molar-refractivity contribution in [2.45, 2.75) is 26.7 Å². The third-order valence-corrected chi connectivity index (χ3v) is 6.49. The normalized spacial score (nSPS) is 16.3. The minimum Gasteiger partial charge on any atom is -0.337 e. The van der Waals surface area contributed by atoms with E-state index in [1.807, 2.05) is 50.2 Å². The smallest absolute Gasteiger partial charge is 0.265 e. The first-order valence-electron chi connectivity index (χ1n) is 10.1. The third kappa shape index (κ3) is 4.41. The number of pyridine rings is 1. The Morgan fingerprint density at radius 2 is 1.97 bits per heavy atom. The zero-order chi connectivity index (χ0) is 21.1. The van der Waals surface area contributed by atoms with Crippen molar-refractivity contribution in [3.8, 4) is 10.6 Å². The van der Waals surface area contributed by atoms with Crippen LogP contribution in [0.4, 0.5) is 5.69 Å². The number of nitrogens with zero attached hydrogens (tertiary/aromatic N) is 3. The molecule has 0 spiro atoms. The van der Waals surface area contributed by atoms with E-state index in [2.05, 4.69) is 15.3 Å². The number of hydrogen-bond acceptors (Lipinski definition) is 5. The molecule has 30 heavy (non-hydrogen) atoms. The molecule has 0 aliphatic carbocycles. The number of aryl methyl sites for hydroxylation is 2. The number of aromatic nitrogens is 2. The van der Waals surface area contributed by atoms with Crippen LogP contribution < -0.4 is 5.32 Å². The van der Waals surface area contributed by atoms with Crippen molar-refractivity contribution in [1.82, 2.24) is 14.9 Å². The highest BCUT2D eigenvalue weighted by Gasteiger charge is 2.30. The van der Waals surface area contributed by atoms with E-state index < -0.39 is 0 Å². The number of amides is 2. The first-order chi connectivity index (χ1) is 14.5. The molecule has 154 valence electrons. The molecule has 1 aliphatic rings. The van der Waals surface area contributed by atoms with Crippen molar-refractivity contribution < 1.29 is 9.59 Å². The molecule has 1 aliphatic heterocycles. The van der Waals surface area contributed by atoms with Gasteiger partial charge in [-0.15, -0.1) is 11.3 Å². The van der Waals surface area contributed by atoms with Crippen LogP contribution in [-0.4, -0.2) is 39.8 Å². The van der Waals surface area contributed by atoms with Gasteiger partial charge in [-0.1, -0.05) is 17.7 Å². The minimum absolute atomic E-state index is 0.0339. The third-order valence-electron chi connectivity index (χ3n) is 5.30. The maximum atomic E-state index is 13.2. The molecule has 1 saturated heterocycles. The molecule has 6 nitrogen and oxygen atoms in total. The Kier molecular flexibility index (Phi) is 5.90. The number of carbonyl (C=O) groups is 2. The molecule has 2 aromatic heterocycles. The van der Waals surface area contributed by atoms with Gasteiger partial charge in [-0.25, -0.2) is 4.98 Å². The molecule has 3 heterocycles. The number of rotatable bonds is 4. The van der Waals surface area contributed by atoms with E-state index >= 15 is 0 Å². The van der Waals surface area contributed by atoms with E-state index in [0.29, 0.717) is 18.0 Å². The first-order valence-corrected chi connectivity index (χ1v) is 10.9. The highest BCUT2D eigenvalue weighted by Crippen LogP contribution is 2.29. The van der Waals surface area contributed by atoms with Crippen molar-refractivity contribution >= 4 is 28.8 Å². The average molecular weight is 421 g/mol. The number of anilines is 1. The molecule has 3 aromatic rings. The van der Waals surface area contributed by atoms with Gasteiger partial charge in [-0.2, -0.15) is 0 Å². The number of piperidine rings is 1. The molecule has 4 rings (SSSR count). The summed E-state index contributed by atoms with van der Waals surface area (Å²) in [6.07, 6.45) is 5.06. The van der Waals surface area contributed by atoms with Crippen molar-refractivity contribution in [2.24, 2.45) is 5.92 Å². The van der Waals surface area contributed by atoms with Gasteiger partial charge >= 0.3 is 0 Å². The van der Waals surface area contributed by atoms with Crippen LogP contribution in [0, 0.1) is 19.8 Å². The Morgan fingerprint density at radius 3 is 2.70 bits per heavy atom. The summed E-state index contributed by atoms with van der Waals surface area (Å²) in [4.78, 5) is 37.0. The second-order valence-corrected chi connectivity index (χ2v) is 8.62. The summed E-state index contributed by atoms with van der Waals surface area (Å²) in [7, 11) is 0. The largest absolute Gasteiger partial charge is 0.337 e. The molecule has 1 unspecified atom stereocenters. The van der Waals surface area contributed by atoms with Gasteiger partial charge in [0, 0.05) is 36.7 Å². The molecule has 1 aromatic carbocycles. The van der Waals surface area contributed by atoms with E-state index in [9.17, 15) is 9.59 Å². The molecule has 1 atom stereocenters. The number of carbonyl (C=O) groups excluding carboxylic acids is 2. The van der Waals surface area contributed by atoms with Crippen LogP contribution in [0.3, 0.4) is 0 Å². The fraction of sp³-hybridized carbons (Fsp3) is 0.304. The minimum atomic E-state index is -0.213. The van der Waals surface area contributed by atoms with E-state index in [4.69, 9.17) is 0 Å². The Hall–Kier alpha value is -3.06. The summed E-state index contributed by atoms with van der Waals surface area (Å²) in [5, 5.41) is 3.77.